The van der Waals surface area contributed by atoms with Crippen LogP contribution in [-0.2, 0) is 0 Å². The first-order valence-electron chi connectivity index (χ1n) is 6.93. The summed E-state index contributed by atoms with van der Waals surface area (Å²) in [6, 6.07) is 8.39. The Morgan fingerprint density at radius 3 is 3.00 bits per heavy atom. The van der Waals surface area contributed by atoms with Crippen LogP contribution in [0.15, 0.2) is 30.5 Å². The van der Waals surface area contributed by atoms with Crippen molar-refractivity contribution in [1.29, 1.82) is 0 Å². The van der Waals surface area contributed by atoms with E-state index >= 15 is 0 Å². The molecule has 2 atom stereocenters. The molecule has 0 amide bonds. The van der Waals surface area contributed by atoms with Crippen molar-refractivity contribution in [2.45, 2.75) is 31.7 Å². The minimum atomic E-state index is 0.265. The second-order valence-corrected chi connectivity index (χ2v) is 5.67. The molecular formula is C16H20N2O. The van der Waals surface area contributed by atoms with E-state index in [1.54, 1.807) is 6.07 Å². The van der Waals surface area contributed by atoms with Gasteiger partial charge in [-0.2, -0.15) is 0 Å². The van der Waals surface area contributed by atoms with Crippen LogP contribution in [0.2, 0.25) is 0 Å². The zero-order valence-electron chi connectivity index (χ0n) is 11.5. The number of likely N-dealkylation sites (tertiary alicyclic amines) is 1. The lowest BCUT2D eigenvalue weighted by Crippen LogP contribution is -2.36. The number of para-hydroxylation sites is 1. The monoisotopic (exact) mass is 256 g/mol. The first kappa shape index (κ1) is 12.4. The van der Waals surface area contributed by atoms with Gasteiger partial charge in [-0.25, -0.2) is 0 Å². The highest BCUT2D eigenvalue weighted by molar-refractivity contribution is 5.84. The summed E-state index contributed by atoms with van der Waals surface area (Å²) >= 11 is 0. The van der Waals surface area contributed by atoms with Crippen LogP contribution in [0.25, 0.3) is 10.9 Å². The zero-order chi connectivity index (χ0) is 13.4. The van der Waals surface area contributed by atoms with Gasteiger partial charge in [-0.3, -0.25) is 4.98 Å². The number of pyridine rings is 1. The molecule has 0 aliphatic carbocycles. The lowest BCUT2D eigenvalue weighted by atomic mass is 9.86. The summed E-state index contributed by atoms with van der Waals surface area (Å²) in [4.78, 5) is 6.85. The smallest absolute Gasteiger partial charge is 0.141 e. The number of aromatic nitrogens is 1. The Balaban J connectivity index is 1.93. The Bertz CT molecular complexity index is 596. The average Bonchev–Trinajstić information content (AvgIpc) is 2.42. The van der Waals surface area contributed by atoms with E-state index in [9.17, 15) is 5.11 Å². The van der Waals surface area contributed by atoms with Crippen molar-refractivity contribution < 1.29 is 5.11 Å². The van der Waals surface area contributed by atoms with Crippen molar-refractivity contribution in [1.82, 2.24) is 9.88 Å². The van der Waals surface area contributed by atoms with E-state index in [-0.39, 0.29) is 5.75 Å². The minimum Gasteiger partial charge on any atom is -0.506 e. The topological polar surface area (TPSA) is 36.4 Å². The van der Waals surface area contributed by atoms with Crippen molar-refractivity contribution in [3.8, 4) is 5.75 Å². The van der Waals surface area contributed by atoms with Gasteiger partial charge in [-0.15, -0.1) is 0 Å². The molecule has 0 saturated carbocycles. The van der Waals surface area contributed by atoms with Crippen LogP contribution < -0.4 is 0 Å². The highest BCUT2D eigenvalue weighted by Gasteiger charge is 2.24. The quantitative estimate of drug-likeness (QED) is 0.851. The Kier molecular flexibility index (Phi) is 3.15. The summed E-state index contributed by atoms with van der Waals surface area (Å²) in [6.07, 6.45) is 4.31. The maximum Gasteiger partial charge on any atom is 0.141 e. The summed E-state index contributed by atoms with van der Waals surface area (Å²) in [7, 11) is 2.19. The summed E-state index contributed by atoms with van der Waals surface area (Å²) in [5.41, 5.74) is 2.00. The van der Waals surface area contributed by atoms with Gasteiger partial charge in [0.1, 0.15) is 11.3 Å². The molecule has 1 saturated heterocycles. The third-order valence-electron chi connectivity index (χ3n) is 4.39. The number of phenolic OH excluding ortho intramolecular Hbond substituents is 1. The lowest BCUT2D eigenvalue weighted by Gasteiger charge is -2.35. The van der Waals surface area contributed by atoms with E-state index in [1.165, 1.54) is 18.4 Å². The SMILES string of the molecule is C[C@H]1C[C@@H](c2cnc3c(O)cccc3c2)CCN1C. The third-order valence-corrected chi connectivity index (χ3v) is 4.39. The summed E-state index contributed by atoms with van der Waals surface area (Å²) < 4.78 is 0. The van der Waals surface area contributed by atoms with Crippen LogP contribution in [0, 0.1) is 0 Å². The largest absolute Gasteiger partial charge is 0.506 e. The predicted octanol–water partition coefficient (Wildman–Crippen LogP) is 3.14. The second kappa shape index (κ2) is 4.82. The fourth-order valence-electron chi connectivity index (χ4n) is 2.98. The molecular weight excluding hydrogens is 236 g/mol. The number of benzene rings is 1. The molecule has 1 aliphatic rings. The number of hydrogen-bond acceptors (Lipinski definition) is 3. The van der Waals surface area contributed by atoms with Gasteiger partial charge in [-0.1, -0.05) is 12.1 Å². The standard InChI is InChI=1S/C16H20N2O/c1-11-8-12(6-7-18(11)2)14-9-13-4-3-5-15(19)16(13)17-10-14/h3-5,9-12,19H,6-8H2,1-2H3/t11-,12-/m0/s1. The van der Waals surface area contributed by atoms with Crippen LogP contribution in [0.1, 0.15) is 31.2 Å². The second-order valence-electron chi connectivity index (χ2n) is 5.67. The van der Waals surface area contributed by atoms with E-state index < -0.39 is 0 Å². The summed E-state index contributed by atoms with van der Waals surface area (Å²) in [6.45, 7) is 3.43. The molecule has 100 valence electrons. The molecule has 2 aromatic rings. The first-order chi connectivity index (χ1) is 9.15. The van der Waals surface area contributed by atoms with Crippen molar-refractivity contribution in [3.05, 3.63) is 36.0 Å². The molecule has 1 aromatic heterocycles. The number of aromatic hydroxyl groups is 1. The molecule has 1 aromatic carbocycles. The van der Waals surface area contributed by atoms with Gasteiger partial charge in [0.05, 0.1) is 0 Å². The summed E-state index contributed by atoms with van der Waals surface area (Å²) in [5, 5.41) is 10.8. The highest BCUT2D eigenvalue weighted by atomic mass is 16.3. The molecule has 1 N–H and O–H groups in total. The number of fused-ring (bicyclic) bond motifs is 1. The van der Waals surface area contributed by atoms with Crippen LogP contribution in [0.5, 0.6) is 5.75 Å². The van der Waals surface area contributed by atoms with Gasteiger partial charge in [-0.05, 0) is 57.0 Å². The maximum absolute atomic E-state index is 9.78. The van der Waals surface area contributed by atoms with Crippen LogP contribution in [0.3, 0.4) is 0 Å². The van der Waals surface area contributed by atoms with Crippen molar-refractivity contribution in [3.63, 3.8) is 0 Å². The number of piperidine rings is 1. The van der Waals surface area contributed by atoms with E-state index in [1.807, 2.05) is 18.3 Å². The number of rotatable bonds is 1. The number of phenols is 1. The molecule has 1 fully saturated rings. The van der Waals surface area contributed by atoms with E-state index in [4.69, 9.17) is 0 Å². The number of hydrogen-bond donors (Lipinski definition) is 1. The zero-order valence-corrected chi connectivity index (χ0v) is 11.5. The molecule has 0 spiro atoms. The maximum atomic E-state index is 9.78. The minimum absolute atomic E-state index is 0.265. The van der Waals surface area contributed by atoms with Crippen LogP contribution in [-0.4, -0.2) is 34.6 Å². The molecule has 2 heterocycles. The van der Waals surface area contributed by atoms with E-state index in [2.05, 4.69) is 29.9 Å². The van der Waals surface area contributed by atoms with Gasteiger partial charge in [0.15, 0.2) is 0 Å². The van der Waals surface area contributed by atoms with Crippen molar-refractivity contribution in [2.75, 3.05) is 13.6 Å². The molecule has 0 radical (unpaired) electrons. The first-order valence-corrected chi connectivity index (χ1v) is 6.93. The predicted molar refractivity (Wildman–Crippen MR) is 77.5 cm³/mol. The van der Waals surface area contributed by atoms with Gasteiger partial charge in [0, 0.05) is 17.6 Å². The van der Waals surface area contributed by atoms with Gasteiger partial charge >= 0.3 is 0 Å². The van der Waals surface area contributed by atoms with Crippen molar-refractivity contribution in [2.24, 2.45) is 0 Å². The number of nitrogens with zero attached hydrogens (tertiary/aromatic N) is 2. The van der Waals surface area contributed by atoms with Crippen LogP contribution in [0.4, 0.5) is 0 Å². The lowest BCUT2D eigenvalue weighted by molar-refractivity contribution is 0.182. The molecule has 1 aliphatic heterocycles. The molecule has 3 heteroatoms. The summed E-state index contributed by atoms with van der Waals surface area (Å²) in [5.74, 6) is 0.853. The van der Waals surface area contributed by atoms with E-state index in [0.717, 1.165) is 11.9 Å². The fraction of sp³-hybridized carbons (Fsp3) is 0.438. The highest BCUT2D eigenvalue weighted by Crippen LogP contribution is 2.32. The Hall–Kier alpha value is -1.61. The Morgan fingerprint density at radius 2 is 2.21 bits per heavy atom. The molecule has 0 bridgehead atoms. The normalized spacial score (nSPS) is 24.7. The Labute approximate surface area is 113 Å². The van der Waals surface area contributed by atoms with Gasteiger partial charge < -0.3 is 10.0 Å². The molecule has 3 nitrogen and oxygen atoms in total. The van der Waals surface area contributed by atoms with E-state index in [0.29, 0.717) is 17.5 Å². The van der Waals surface area contributed by atoms with Crippen molar-refractivity contribution >= 4 is 10.9 Å². The molecule has 19 heavy (non-hydrogen) atoms. The van der Waals surface area contributed by atoms with Gasteiger partial charge in [0.2, 0.25) is 0 Å². The molecule has 0 unspecified atom stereocenters. The fourth-order valence-corrected chi connectivity index (χ4v) is 2.98. The average molecular weight is 256 g/mol. The molecule has 3 rings (SSSR count). The Morgan fingerprint density at radius 1 is 1.37 bits per heavy atom. The third kappa shape index (κ3) is 2.30. The van der Waals surface area contributed by atoms with Crippen LogP contribution >= 0.6 is 0 Å². The van der Waals surface area contributed by atoms with Gasteiger partial charge in [0.25, 0.3) is 0 Å².